The zero-order chi connectivity index (χ0) is 14.8. The molecule has 0 heterocycles. The van der Waals surface area contributed by atoms with Gasteiger partial charge < -0.3 is 10.5 Å². The van der Waals surface area contributed by atoms with Crippen molar-refractivity contribution < 1.29 is 9.13 Å². The smallest absolute Gasteiger partial charge is 0.127 e. The van der Waals surface area contributed by atoms with Crippen LogP contribution in [0, 0.1) is 5.82 Å². The molecule has 1 atom stereocenters. The summed E-state index contributed by atoms with van der Waals surface area (Å²) in [5.74, 6) is 0.230. The van der Waals surface area contributed by atoms with Crippen molar-refractivity contribution in [1.29, 1.82) is 0 Å². The summed E-state index contributed by atoms with van der Waals surface area (Å²) in [4.78, 5) is 0. The first-order chi connectivity index (χ1) is 10.1. The van der Waals surface area contributed by atoms with E-state index in [1.807, 2.05) is 6.92 Å². The molecule has 0 aromatic heterocycles. The van der Waals surface area contributed by atoms with Gasteiger partial charge in [-0.25, -0.2) is 4.39 Å². The minimum absolute atomic E-state index is 0.180. The molecule has 2 nitrogen and oxygen atoms in total. The number of nitrogens with two attached hydrogens (primary N) is 1. The molecule has 0 spiro atoms. The van der Waals surface area contributed by atoms with E-state index >= 15 is 0 Å². The average molecular weight is 285 g/mol. The van der Waals surface area contributed by atoms with Crippen molar-refractivity contribution in [3.05, 3.63) is 64.5 Å². The molecule has 0 radical (unpaired) electrons. The predicted octanol–water partition coefficient (Wildman–Crippen LogP) is 3.91. The lowest BCUT2D eigenvalue weighted by atomic mass is 10.1. The number of hydrogen-bond donors (Lipinski definition) is 1. The van der Waals surface area contributed by atoms with Crippen LogP contribution in [0.1, 0.15) is 41.6 Å². The molecule has 1 unspecified atom stereocenters. The first-order valence-electron chi connectivity index (χ1n) is 7.42. The Morgan fingerprint density at radius 1 is 1.14 bits per heavy atom. The van der Waals surface area contributed by atoms with Gasteiger partial charge in [-0.1, -0.05) is 24.3 Å². The van der Waals surface area contributed by atoms with Crippen LogP contribution in [0.15, 0.2) is 36.4 Å². The largest absolute Gasteiger partial charge is 0.488 e. The summed E-state index contributed by atoms with van der Waals surface area (Å²) in [6, 6.07) is 10.8. The van der Waals surface area contributed by atoms with Gasteiger partial charge in [0.15, 0.2) is 0 Å². The Hall–Kier alpha value is -1.87. The molecule has 0 fully saturated rings. The van der Waals surface area contributed by atoms with Gasteiger partial charge in [0.2, 0.25) is 0 Å². The molecular weight excluding hydrogens is 265 g/mol. The van der Waals surface area contributed by atoms with Crippen LogP contribution in [0.3, 0.4) is 0 Å². The van der Waals surface area contributed by atoms with Crippen LogP contribution in [0.25, 0.3) is 0 Å². The topological polar surface area (TPSA) is 35.2 Å². The molecule has 3 rings (SSSR count). The summed E-state index contributed by atoms with van der Waals surface area (Å²) >= 11 is 0. The summed E-state index contributed by atoms with van der Waals surface area (Å²) in [6.45, 7) is 2.31. The highest BCUT2D eigenvalue weighted by atomic mass is 19.1. The van der Waals surface area contributed by atoms with Crippen molar-refractivity contribution >= 4 is 0 Å². The van der Waals surface area contributed by atoms with Gasteiger partial charge in [0.05, 0.1) is 0 Å². The Morgan fingerprint density at radius 3 is 2.76 bits per heavy atom. The predicted molar refractivity (Wildman–Crippen MR) is 81.8 cm³/mol. The maximum atomic E-state index is 13.4. The normalized spacial score (nSPS) is 14.8. The summed E-state index contributed by atoms with van der Waals surface area (Å²) in [6.07, 6.45) is 3.56. The first-order valence-corrected chi connectivity index (χ1v) is 7.42. The second kappa shape index (κ2) is 5.86. The van der Waals surface area contributed by atoms with Crippen LogP contribution < -0.4 is 10.5 Å². The van der Waals surface area contributed by atoms with E-state index in [0.29, 0.717) is 12.4 Å². The molecule has 1 aliphatic rings. The van der Waals surface area contributed by atoms with Gasteiger partial charge in [-0.2, -0.15) is 0 Å². The van der Waals surface area contributed by atoms with Crippen molar-refractivity contribution in [2.45, 2.75) is 38.8 Å². The highest BCUT2D eigenvalue weighted by Crippen LogP contribution is 2.27. The molecule has 0 saturated carbocycles. The SMILES string of the molecule is CC(N)c1ccc(F)cc1OCc1ccc2c(c1)CCC2. The lowest BCUT2D eigenvalue weighted by molar-refractivity contribution is 0.299. The molecule has 0 aliphatic heterocycles. The van der Waals surface area contributed by atoms with E-state index in [2.05, 4.69) is 18.2 Å². The van der Waals surface area contributed by atoms with E-state index in [4.69, 9.17) is 10.5 Å². The van der Waals surface area contributed by atoms with Crippen molar-refractivity contribution in [3.8, 4) is 5.75 Å². The number of halogens is 1. The molecule has 2 aromatic carbocycles. The third-order valence-corrected chi connectivity index (χ3v) is 4.02. The number of hydrogen-bond acceptors (Lipinski definition) is 2. The Labute approximate surface area is 124 Å². The maximum absolute atomic E-state index is 13.4. The Balaban J connectivity index is 1.77. The van der Waals surface area contributed by atoms with Gasteiger partial charge in [-0.15, -0.1) is 0 Å². The van der Waals surface area contributed by atoms with Crippen LogP contribution in [0.4, 0.5) is 4.39 Å². The van der Waals surface area contributed by atoms with E-state index in [1.165, 1.54) is 36.1 Å². The van der Waals surface area contributed by atoms with Gasteiger partial charge >= 0.3 is 0 Å². The molecule has 0 bridgehead atoms. The van der Waals surface area contributed by atoms with Crippen LogP contribution >= 0.6 is 0 Å². The van der Waals surface area contributed by atoms with Crippen LogP contribution in [-0.2, 0) is 19.4 Å². The zero-order valence-electron chi connectivity index (χ0n) is 12.2. The highest BCUT2D eigenvalue weighted by molar-refractivity contribution is 5.38. The molecule has 0 saturated heterocycles. The lowest BCUT2D eigenvalue weighted by Crippen LogP contribution is -2.08. The zero-order valence-corrected chi connectivity index (χ0v) is 12.2. The summed E-state index contributed by atoms with van der Waals surface area (Å²) in [7, 11) is 0. The fourth-order valence-electron chi connectivity index (χ4n) is 2.89. The molecule has 3 heteroatoms. The Kier molecular flexibility index (Phi) is 3.93. The van der Waals surface area contributed by atoms with E-state index in [1.54, 1.807) is 6.07 Å². The third-order valence-electron chi connectivity index (χ3n) is 4.02. The fraction of sp³-hybridized carbons (Fsp3) is 0.333. The summed E-state index contributed by atoms with van der Waals surface area (Å²) in [5.41, 5.74) is 10.7. The first kappa shape index (κ1) is 14.1. The maximum Gasteiger partial charge on any atom is 0.127 e. The van der Waals surface area contributed by atoms with Gasteiger partial charge in [-0.3, -0.25) is 0 Å². The van der Waals surface area contributed by atoms with E-state index in [-0.39, 0.29) is 11.9 Å². The molecular formula is C18H20FNO. The number of fused-ring (bicyclic) bond motifs is 1. The van der Waals surface area contributed by atoms with Crippen LogP contribution in [-0.4, -0.2) is 0 Å². The lowest BCUT2D eigenvalue weighted by Gasteiger charge is -2.14. The van der Waals surface area contributed by atoms with Crippen molar-refractivity contribution in [2.75, 3.05) is 0 Å². The second-order valence-corrected chi connectivity index (χ2v) is 5.72. The van der Waals surface area contributed by atoms with E-state index in [9.17, 15) is 4.39 Å². The molecule has 110 valence electrons. The summed E-state index contributed by atoms with van der Waals surface area (Å²) in [5, 5.41) is 0. The molecule has 21 heavy (non-hydrogen) atoms. The molecule has 2 N–H and O–H groups in total. The van der Waals surface area contributed by atoms with E-state index < -0.39 is 0 Å². The average Bonchev–Trinajstić information content (AvgIpc) is 2.92. The Bertz CT molecular complexity index is 652. The third kappa shape index (κ3) is 3.08. The number of aryl methyl sites for hydroxylation is 2. The van der Waals surface area contributed by atoms with Gasteiger partial charge in [0.25, 0.3) is 0 Å². The van der Waals surface area contributed by atoms with Crippen LogP contribution in [0.5, 0.6) is 5.75 Å². The number of rotatable bonds is 4. The van der Waals surface area contributed by atoms with Crippen molar-refractivity contribution in [3.63, 3.8) is 0 Å². The number of benzene rings is 2. The Morgan fingerprint density at radius 2 is 1.95 bits per heavy atom. The van der Waals surface area contributed by atoms with Gasteiger partial charge in [-0.05, 0) is 48.9 Å². The minimum Gasteiger partial charge on any atom is -0.488 e. The standard InChI is InChI=1S/C18H20FNO/c1-12(20)17-8-7-16(19)10-18(17)21-11-13-5-6-14-3-2-4-15(14)9-13/h5-10,12H,2-4,11,20H2,1H3. The molecule has 2 aromatic rings. The van der Waals surface area contributed by atoms with Crippen LogP contribution in [0.2, 0.25) is 0 Å². The highest BCUT2D eigenvalue weighted by Gasteiger charge is 2.12. The van der Waals surface area contributed by atoms with E-state index in [0.717, 1.165) is 17.5 Å². The number of ether oxygens (including phenoxy) is 1. The molecule has 1 aliphatic carbocycles. The fourth-order valence-corrected chi connectivity index (χ4v) is 2.89. The quantitative estimate of drug-likeness (QED) is 0.924. The van der Waals surface area contributed by atoms with Gasteiger partial charge in [0.1, 0.15) is 18.2 Å². The monoisotopic (exact) mass is 285 g/mol. The van der Waals surface area contributed by atoms with Crippen molar-refractivity contribution in [2.24, 2.45) is 5.73 Å². The minimum atomic E-state index is -0.302. The molecule has 0 amide bonds. The second-order valence-electron chi connectivity index (χ2n) is 5.72. The summed E-state index contributed by atoms with van der Waals surface area (Å²) < 4.78 is 19.2. The van der Waals surface area contributed by atoms with Crippen molar-refractivity contribution in [1.82, 2.24) is 0 Å². The van der Waals surface area contributed by atoms with Gasteiger partial charge in [0, 0.05) is 17.7 Å².